The molecule has 0 atom stereocenters. The zero-order valence-electron chi connectivity index (χ0n) is 36.2. The van der Waals surface area contributed by atoms with E-state index in [1.165, 1.54) is 0 Å². The zero-order valence-corrected chi connectivity index (χ0v) is 36.2. The summed E-state index contributed by atoms with van der Waals surface area (Å²) in [6.45, 7) is 7.91. The van der Waals surface area contributed by atoms with Gasteiger partial charge in [0.05, 0.1) is 57.2 Å². The Morgan fingerprint density at radius 1 is 0.368 bits per heavy atom. The minimum atomic E-state index is 0.433. The number of nitrogens with zero attached hydrogens (tertiary/aromatic N) is 8. The lowest BCUT2D eigenvalue weighted by molar-refractivity contribution is 1.06. The molecule has 68 heavy (non-hydrogen) atoms. The van der Waals surface area contributed by atoms with Crippen LogP contribution in [0.2, 0.25) is 0 Å². The van der Waals surface area contributed by atoms with Crippen LogP contribution in [-0.4, -0.2) is 24.1 Å². The molecule has 3 aromatic heterocycles. The van der Waals surface area contributed by atoms with Crippen molar-refractivity contribution in [3.8, 4) is 79.9 Å². The minimum absolute atomic E-state index is 0.433. The predicted octanol–water partition coefficient (Wildman–Crippen LogP) is 14.7. The molecule has 8 heteroatoms. The molecular formula is C60H34N8. The maximum Gasteiger partial charge on any atom is 0.194 e. The van der Waals surface area contributed by atoms with Gasteiger partial charge in [-0.25, -0.2) is 19.8 Å². The standard InChI is InChI=1S/C60H34N8/c1-63-51-25-13-10-22-45(51)41-29-31-55-49(33-41)47-24-12-15-27-53(47)68(55)57-34-43(37-62)56(35-50(57)60-65-58(38-16-4-2-5-17-38)64-59(66-60)39-18-6-3-7-19-39)67-52-26-14-11-23-46(52)48-32-40(28-30-54(48)67)44-21-9-8-20-42(44)36-61/h2-35H. The molecule has 314 valence electrons. The van der Waals surface area contributed by atoms with Crippen LogP contribution in [-0.2, 0) is 0 Å². The topological polar surface area (TPSA) is 100 Å². The Morgan fingerprint density at radius 3 is 1.43 bits per heavy atom. The summed E-state index contributed by atoms with van der Waals surface area (Å²) in [7, 11) is 0. The molecule has 8 nitrogen and oxygen atoms in total. The zero-order chi connectivity index (χ0) is 45.7. The molecule has 9 aromatic carbocycles. The van der Waals surface area contributed by atoms with Crippen molar-refractivity contribution in [2.45, 2.75) is 0 Å². The third kappa shape index (κ3) is 6.47. The molecule has 0 aliphatic heterocycles. The Kier molecular flexibility index (Phi) is 9.47. The molecule has 0 spiro atoms. The van der Waals surface area contributed by atoms with E-state index in [4.69, 9.17) is 21.5 Å². The average molecular weight is 867 g/mol. The lowest BCUT2D eigenvalue weighted by Gasteiger charge is -2.19. The lowest BCUT2D eigenvalue weighted by atomic mass is 9.98. The SMILES string of the molecule is [C-]#[N+]c1ccccc1-c1ccc2c(c1)c1ccccc1n2-c1cc(C#N)c(-n2c3ccccc3c3cc(-c4ccccc4C#N)ccc32)cc1-c1nc(-c2ccccc2)nc(-c2ccccc2)n1. The van der Waals surface area contributed by atoms with E-state index in [-0.39, 0.29) is 0 Å². The van der Waals surface area contributed by atoms with Crippen LogP contribution in [0.3, 0.4) is 0 Å². The van der Waals surface area contributed by atoms with Gasteiger partial charge in [-0.15, -0.1) is 0 Å². The van der Waals surface area contributed by atoms with Gasteiger partial charge in [0.1, 0.15) is 6.07 Å². The first-order chi connectivity index (χ1) is 33.6. The Balaban J connectivity index is 1.18. The molecule has 0 radical (unpaired) electrons. The summed E-state index contributed by atoms with van der Waals surface area (Å²) in [5.41, 5.74) is 12.6. The van der Waals surface area contributed by atoms with Gasteiger partial charge in [-0.3, -0.25) is 0 Å². The van der Waals surface area contributed by atoms with Gasteiger partial charge >= 0.3 is 0 Å². The third-order valence-corrected chi connectivity index (χ3v) is 12.7. The van der Waals surface area contributed by atoms with Crippen LogP contribution in [0.15, 0.2) is 206 Å². The van der Waals surface area contributed by atoms with Crippen LogP contribution in [0, 0.1) is 29.2 Å². The highest BCUT2D eigenvalue weighted by molar-refractivity contribution is 6.13. The fourth-order valence-electron chi connectivity index (χ4n) is 9.59. The van der Waals surface area contributed by atoms with Crippen molar-refractivity contribution in [2.75, 3.05) is 0 Å². The molecule has 12 aromatic rings. The van der Waals surface area contributed by atoms with Crippen molar-refractivity contribution in [3.63, 3.8) is 0 Å². The number of fused-ring (bicyclic) bond motifs is 6. The summed E-state index contributed by atoms with van der Waals surface area (Å²) in [6.07, 6.45) is 0. The van der Waals surface area contributed by atoms with E-state index >= 15 is 0 Å². The molecule has 0 aliphatic carbocycles. The van der Waals surface area contributed by atoms with E-state index in [1.807, 2.05) is 146 Å². The molecule has 0 N–H and O–H groups in total. The van der Waals surface area contributed by atoms with Crippen molar-refractivity contribution in [2.24, 2.45) is 0 Å². The Bertz CT molecular complexity index is 4070. The molecule has 0 aliphatic rings. The van der Waals surface area contributed by atoms with E-state index in [0.717, 1.165) is 77.0 Å². The Labute approximate surface area is 391 Å². The van der Waals surface area contributed by atoms with Crippen molar-refractivity contribution < 1.29 is 0 Å². The van der Waals surface area contributed by atoms with Crippen LogP contribution < -0.4 is 0 Å². The van der Waals surface area contributed by atoms with Crippen LogP contribution in [0.5, 0.6) is 0 Å². The number of nitriles is 2. The predicted molar refractivity (Wildman–Crippen MR) is 271 cm³/mol. The highest BCUT2D eigenvalue weighted by Crippen LogP contribution is 2.43. The second-order valence-corrected chi connectivity index (χ2v) is 16.5. The van der Waals surface area contributed by atoms with Gasteiger partial charge in [0, 0.05) is 38.2 Å². The molecule has 12 rings (SSSR count). The summed E-state index contributed by atoms with van der Waals surface area (Å²) in [4.78, 5) is 19.5. The maximum atomic E-state index is 11.4. The van der Waals surface area contributed by atoms with Crippen LogP contribution in [0.25, 0.3) is 116 Å². The van der Waals surface area contributed by atoms with Crippen molar-refractivity contribution >= 4 is 49.3 Å². The molecule has 0 amide bonds. The van der Waals surface area contributed by atoms with Crippen molar-refractivity contribution in [1.29, 1.82) is 10.5 Å². The third-order valence-electron chi connectivity index (χ3n) is 12.7. The molecule has 3 heterocycles. The normalized spacial score (nSPS) is 11.2. The number of rotatable bonds is 7. The maximum absolute atomic E-state index is 11.4. The Morgan fingerprint density at radius 2 is 0.838 bits per heavy atom. The van der Waals surface area contributed by atoms with Crippen LogP contribution in [0.4, 0.5) is 5.69 Å². The average Bonchev–Trinajstić information content (AvgIpc) is 3.92. The number of hydrogen-bond donors (Lipinski definition) is 0. The van der Waals surface area contributed by atoms with Gasteiger partial charge in [0.2, 0.25) is 0 Å². The molecule has 0 unspecified atom stereocenters. The smallest absolute Gasteiger partial charge is 0.194 e. The fourth-order valence-corrected chi connectivity index (χ4v) is 9.59. The number of aromatic nitrogens is 5. The Hall–Kier alpha value is -9.94. The second kappa shape index (κ2) is 16.2. The summed E-state index contributed by atoms with van der Waals surface area (Å²) in [5, 5.41) is 25.4. The first kappa shape index (κ1) is 39.6. The lowest BCUT2D eigenvalue weighted by Crippen LogP contribution is -2.07. The largest absolute Gasteiger partial charge is 0.308 e. The van der Waals surface area contributed by atoms with E-state index in [1.54, 1.807) is 0 Å². The van der Waals surface area contributed by atoms with Gasteiger partial charge < -0.3 is 9.13 Å². The number of hydrogen-bond acceptors (Lipinski definition) is 5. The number of para-hydroxylation sites is 3. The van der Waals surface area contributed by atoms with Crippen molar-refractivity contribution in [3.05, 3.63) is 229 Å². The fraction of sp³-hybridized carbons (Fsp3) is 0. The van der Waals surface area contributed by atoms with Gasteiger partial charge in [-0.05, 0) is 76.9 Å². The summed E-state index contributed by atoms with van der Waals surface area (Å²) >= 11 is 0. The highest BCUT2D eigenvalue weighted by atomic mass is 15.1. The summed E-state index contributed by atoms with van der Waals surface area (Å²) in [5.74, 6) is 1.46. The number of benzene rings is 9. The molecule has 0 fully saturated rings. The second-order valence-electron chi connectivity index (χ2n) is 16.5. The van der Waals surface area contributed by atoms with E-state index in [9.17, 15) is 10.5 Å². The molecular weight excluding hydrogens is 833 g/mol. The van der Waals surface area contributed by atoms with Crippen LogP contribution in [0.1, 0.15) is 11.1 Å². The first-order valence-electron chi connectivity index (χ1n) is 22.1. The summed E-state index contributed by atoms with van der Waals surface area (Å²) < 4.78 is 4.36. The van der Waals surface area contributed by atoms with Gasteiger partial charge in [0.15, 0.2) is 23.2 Å². The van der Waals surface area contributed by atoms with Gasteiger partial charge in [0.25, 0.3) is 0 Å². The first-order valence-corrected chi connectivity index (χ1v) is 22.1. The van der Waals surface area contributed by atoms with Gasteiger partial charge in [-0.2, -0.15) is 10.5 Å². The van der Waals surface area contributed by atoms with Crippen molar-refractivity contribution in [1.82, 2.24) is 24.1 Å². The van der Waals surface area contributed by atoms with E-state index < -0.39 is 0 Å². The monoisotopic (exact) mass is 866 g/mol. The molecule has 0 bridgehead atoms. The highest BCUT2D eigenvalue weighted by Gasteiger charge is 2.25. The van der Waals surface area contributed by atoms with E-state index in [0.29, 0.717) is 51.2 Å². The van der Waals surface area contributed by atoms with Crippen LogP contribution >= 0.6 is 0 Å². The quantitative estimate of drug-likeness (QED) is 0.149. The molecule has 0 saturated carbocycles. The van der Waals surface area contributed by atoms with E-state index in [2.05, 4.69) is 86.8 Å². The van der Waals surface area contributed by atoms with Gasteiger partial charge in [-0.1, -0.05) is 152 Å². The summed E-state index contributed by atoms with van der Waals surface area (Å²) in [6, 6.07) is 73.2. The molecule has 0 saturated heterocycles. The minimum Gasteiger partial charge on any atom is -0.308 e.